The van der Waals surface area contributed by atoms with Gasteiger partial charge < -0.3 is 9.47 Å². The van der Waals surface area contributed by atoms with Crippen LogP contribution in [0, 0.1) is 23.7 Å². The van der Waals surface area contributed by atoms with Crippen LogP contribution in [0.5, 0.6) is 0 Å². The molecule has 3 rings (SSSR count). The van der Waals surface area contributed by atoms with Crippen molar-refractivity contribution < 1.29 is 14.3 Å². The highest BCUT2D eigenvalue weighted by Gasteiger charge is 2.17. The third kappa shape index (κ3) is 5.27. The first-order valence-corrected chi connectivity index (χ1v) is 8.73. The molecule has 0 heterocycles. The summed E-state index contributed by atoms with van der Waals surface area (Å²) in [6, 6.07) is 26.7. The Morgan fingerprint density at radius 3 is 1.96 bits per heavy atom. The Kier molecular flexibility index (Phi) is 6.50. The Hall–Kier alpha value is -3.95. The van der Waals surface area contributed by atoms with E-state index < -0.39 is 12.3 Å². The van der Waals surface area contributed by atoms with Crippen LogP contribution in [0.4, 0.5) is 4.79 Å². The molecule has 3 nitrogen and oxygen atoms in total. The fourth-order valence-corrected chi connectivity index (χ4v) is 2.49. The van der Waals surface area contributed by atoms with Crippen molar-refractivity contribution in [2.24, 2.45) is 0 Å². The van der Waals surface area contributed by atoms with Crippen LogP contribution >= 0.6 is 0 Å². The third-order valence-electron chi connectivity index (χ3n) is 3.86. The molecule has 136 valence electrons. The number of carbonyl (C=O) groups is 1. The fourth-order valence-electron chi connectivity index (χ4n) is 2.49. The van der Waals surface area contributed by atoms with E-state index in [1.807, 2.05) is 84.9 Å². The summed E-state index contributed by atoms with van der Waals surface area (Å²) in [5.41, 5.74) is 3.18. The molecule has 0 aliphatic carbocycles. The minimum atomic E-state index is -0.797. The van der Waals surface area contributed by atoms with Gasteiger partial charge in [-0.2, -0.15) is 0 Å². The van der Waals surface area contributed by atoms with Crippen molar-refractivity contribution in [2.75, 3.05) is 7.11 Å². The number of benzene rings is 3. The van der Waals surface area contributed by atoms with Gasteiger partial charge in [0.25, 0.3) is 0 Å². The van der Waals surface area contributed by atoms with Gasteiger partial charge in [0, 0.05) is 22.3 Å². The Morgan fingerprint density at radius 2 is 1.32 bits per heavy atom. The molecular formula is C25H18O3. The summed E-state index contributed by atoms with van der Waals surface area (Å²) in [4.78, 5) is 11.7. The Labute approximate surface area is 164 Å². The van der Waals surface area contributed by atoms with Crippen molar-refractivity contribution in [1.82, 2.24) is 0 Å². The second-order valence-corrected chi connectivity index (χ2v) is 5.79. The average Bonchev–Trinajstić information content (AvgIpc) is 2.76. The molecular weight excluding hydrogens is 348 g/mol. The summed E-state index contributed by atoms with van der Waals surface area (Å²) in [6.45, 7) is 0. The van der Waals surface area contributed by atoms with Crippen molar-refractivity contribution in [3.8, 4) is 23.7 Å². The van der Waals surface area contributed by atoms with Gasteiger partial charge in [-0.25, -0.2) is 4.79 Å². The van der Waals surface area contributed by atoms with Crippen molar-refractivity contribution in [3.63, 3.8) is 0 Å². The van der Waals surface area contributed by atoms with Gasteiger partial charge in [-0.1, -0.05) is 72.4 Å². The van der Waals surface area contributed by atoms with E-state index in [-0.39, 0.29) is 0 Å². The molecule has 1 unspecified atom stereocenters. The number of hydrogen-bond donors (Lipinski definition) is 0. The number of hydrogen-bond acceptors (Lipinski definition) is 3. The van der Waals surface area contributed by atoms with Crippen LogP contribution in [0.1, 0.15) is 28.4 Å². The molecule has 0 spiro atoms. The van der Waals surface area contributed by atoms with Crippen LogP contribution in [0.25, 0.3) is 0 Å². The first-order valence-electron chi connectivity index (χ1n) is 8.73. The lowest BCUT2D eigenvalue weighted by molar-refractivity contribution is 0.0549. The third-order valence-corrected chi connectivity index (χ3v) is 3.86. The quantitative estimate of drug-likeness (QED) is 0.475. The second kappa shape index (κ2) is 9.67. The first-order chi connectivity index (χ1) is 13.8. The molecule has 0 N–H and O–H groups in total. The summed E-state index contributed by atoms with van der Waals surface area (Å²) < 4.78 is 10.1. The molecule has 1 atom stereocenters. The maximum atomic E-state index is 11.7. The highest BCUT2D eigenvalue weighted by atomic mass is 16.7. The Morgan fingerprint density at radius 1 is 0.750 bits per heavy atom. The monoisotopic (exact) mass is 366 g/mol. The van der Waals surface area contributed by atoms with Crippen molar-refractivity contribution in [3.05, 3.63) is 107 Å². The molecule has 0 radical (unpaired) electrons. The summed E-state index contributed by atoms with van der Waals surface area (Å²) in [5, 5.41) is 0. The van der Waals surface area contributed by atoms with Crippen LogP contribution in [0.2, 0.25) is 0 Å². The summed E-state index contributed by atoms with van der Waals surface area (Å²) in [7, 11) is 1.27. The lowest BCUT2D eigenvalue weighted by Crippen LogP contribution is -2.11. The van der Waals surface area contributed by atoms with Gasteiger partial charge in [0.05, 0.1) is 7.11 Å². The minimum Gasteiger partial charge on any atom is -0.438 e. The van der Waals surface area contributed by atoms with Crippen molar-refractivity contribution in [2.45, 2.75) is 6.10 Å². The minimum absolute atomic E-state index is 0.708. The number of rotatable bonds is 2. The van der Waals surface area contributed by atoms with E-state index in [1.54, 1.807) is 0 Å². The lowest BCUT2D eigenvalue weighted by Gasteiger charge is -2.13. The molecule has 0 bridgehead atoms. The lowest BCUT2D eigenvalue weighted by atomic mass is 10.0. The average molecular weight is 366 g/mol. The predicted octanol–water partition coefficient (Wildman–Crippen LogP) is 4.96. The van der Waals surface area contributed by atoms with Crippen LogP contribution in [0.15, 0.2) is 84.9 Å². The van der Waals surface area contributed by atoms with Gasteiger partial charge in [0.2, 0.25) is 0 Å². The van der Waals surface area contributed by atoms with Gasteiger partial charge >= 0.3 is 6.16 Å². The van der Waals surface area contributed by atoms with E-state index in [1.165, 1.54) is 7.11 Å². The number of methoxy groups -OCH3 is 1. The van der Waals surface area contributed by atoms with E-state index in [9.17, 15) is 4.79 Å². The molecule has 3 aromatic rings. The first kappa shape index (κ1) is 18.8. The summed E-state index contributed by atoms with van der Waals surface area (Å²) in [5.74, 6) is 12.3. The molecule has 0 aromatic heterocycles. The molecule has 0 saturated heterocycles. The summed E-state index contributed by atoms with van der Waals surface area (Å²) in [6.07, 6.45) is -1.59. The molecule has 0 saturated carbocycles. The topological polar surface area (TPSA) is 35.5 Å². The fraction of sp³-hybridized carbons (Fsp3) is 0.0800. The molecule has 3 heteroatoms. The van der Waals surface area contributed by atoms with Gasteiger partial charge in [0.15, 0.2) is 6.10 Å². The smallest absolute Gasteiger partial charge is 0.438 e. The molecule has 0 amide bonds. The van der Waals surface area contributed by atoms with Crippen LogP contribution in [-0.4, -0.2) is 13.3 Å². The number of ether oxygens (including phenoxy) is 2. The van der Waals surface area contributed by atoms with E-state index in [2.05, 4.69) is 28.4 Å². The highest BCUT2D eigenvalue weighted by Crippen LogP contribution is 2.21. The standard InChI is InChI=1S/C25H18O3/c1-27-25(26)28-24(19-17-21-12-6-3-7-13-21)23-15-9-8-14-22(23)18-16-20-10-4-2-5-11-20/h2-15,24H,1H3. The van der Waals surface area contributed by atoms with Crippen molar-refractivity contribution >= 4 is 6.16 Å². The Balaban J connectivity index is 1.97. The van der Waals surface area contributed by atoms with Crippen LogP contribution in [-0.2, 0) is 9.47 Å². The normalized spacial score (nSPS) is 10.5. The van der Waals surface area contributed by atoms with E-state index in [4.69, 9.17) is 4.74 Å². The van der Waals surface area contributed by atoms with Crippen LogP contribution in [0.3, 0.4) is 0 Å². The Bertz CT molecular complexity index is 1050. The maximum absolute atomic E-state index is 11.7. The van der Waals surface area contributed by atoms with Gasteiger partial charge in [-0.15, -0.1) is 0 Å². The molecule has 0 aliphatic heterocycles. The van der Waals surface area contributed by atoms with Gasteiger partial charge in [-0.05, 0) is 36.3 Å². The van der Waals surface area contributed by atoms with E-state index in [0.29, 0.717) is 5.56 Å². The van der Waals surface area contributed by atoms with E-state index in [0.717, 1.165) is 16.7 Å². The highest BCUT2D eigenvalue weighted by molar-refractivity contribution is 5.61. The van der Waals surface area contributed by atoms with Gasteiger partial charge in [0.1, 0.15) is 0 Å². The van der Waals surface area contributed by atoms with Crippen LogP contribution < -0.4 is 0 Å². The number of carbonyl (C=O) groups excluding carboxylic acids is 1. The second-order valence-electron chi connectivity index (χ2n) is 5.79. The molecule has 3 aromatic carbocycles. The summed E-state index contributed by atoms with van der Waals surface area (Å²) >= 11 is 0. The zero-order valence-corrected chi connectivity index (χ0v) is 15.4. The maximum Gasteiger partial charge on any atom is 0.509 e. The van der Waals surface area contributed by atoms with Crippen molar-refractivity contribution in [1.29, 1.82) is 0 Å². The zero-order chi connectivity index (χ0) is 19.6. The predicted molar refractivity (Wildman–Crippen MR) is 108 cm³/mol. The molecule has 0 aliphatic rings. The molecule has 0 fully saturated rings. The largest absolute Gasteiger partial charge is 0.509 e. The van der Waals surface area contributed by atoms with E-state index >= 15 is 0 Å². The SMILES string of the molecule is COC(=O)OC(C#Cc1ccccc1)c1ccccc1C#Cc1ccccc1. The molecule has 28 heavy (non-hydrogen) atoms. The van der Waals surface area contributed by atoms with Gasteiger partial charge in [-0.3, -0.25) is 0 Å². The zero-order valence-electron chi connectivity index (χ0n) is 15.4.